The molecule has 0 radical (unpaired) electrons. The largest absolute Gasteiger partial charge is 0.465 e. The summed E-state index contributed by atoms with van der Waals surface area (Å²) < 4.78 is 32.1. The highest BCUT2D eigenvalue weighted by molar-refractivity contribution is 6.04. The lowest BCUT2D eigenvalue weighted by Gasteiger charge is -2.09. The second-order valence-electron chi connectivity index (χ2n) is 5.86. The first-order chi connectivity index (χ1) is 13.4. The summed E-state index contributed by atoms with van der Waals surface area (Å²) in [6, 6.07) is 8.15. The molecule has 2 aromatic carbocycles. The summed E-state index contributed by atoms with van der Waals surface area (Å²) >= 11 is 0. The summed E-state index contributed by atoms with van der Waals surface area (Å²) in [4.78, 5) is 32.1. The summed E-state index contributed by atoms with van der Waals surface area (Å²) in [6.45, 7) is 1.84. The quantitative estimate of drug-likeness (QED) is 0.694. The monoisotopic (exact) mass is 383 g/mol. The van der Waals surface area contributed by atoms with Gasteiger partial charge in [-0.25, -0.2) is 18.6 Å². The molecule has 3 rings (SSSR count). The Bertz CT molecular complexity index is 1030. The molecule has 1 amide bonds. The molecule has 0 bridgehead atoms. The van der Waals surface area contributed by atoms with Gasteiger partial charge in [0.1, 0.15) is 17.2 Å². The van der Waals surface area contributed by atoms with Crippen molar-refractivity contribution in [3.63, 3.8) is 0 Å². The number of aromatic nitrogens is 2. The number of hydrogen-bond acceptors (Lipinski definition) is 5. The third-order valence-corrected chi connectivity index (χ3v) is 4.02. The van der Waals surface area contributed by atoms with Crippen LogP contribution in [-0.2, 0) is 4.74 Å². The molecule has 8 heteroatoms. The number of hydrogen-bond donors (Lipinski definition) is 1. The fourth-order valence-corrected chi connectivity index (χ4v) is 2.57. The van der Waals surface area contributed by atoms with Crippen LogP contribution >= 0.6 is 0 Å². The zero-order chi connectivity index (χ0) is 20.3. The maximum absolute atomic E-state index is 13.7. The van der Waals surface area contributed by atoms with E-state index in [2.05, 4.69) is 15.3 Å². The van der Waals surface area contributed by atoms with E-state index in [9.17, 15) is 18.4 Å². The normalized spacial score (nSPS) is 10.4. The number of aryl methyl sites for hydroxylation is 1. The molecule has 1 heterocycles. The van der Waals surface area contributed by atoms with Gasteiger partial charge in [0.15, 0.2) is 5.82 Å². The molecule has 0 saturated carbocycles. The van der Waals surface area contributed by atoms with Crippen LogP contribution in [0.5, 0.6) is 0 Å². The standard InChI is InChI=1S/C20H15F2N3O3/c1-11-6-7-12(20(27)28-2)8-13(11)16-9-24-17(10-23-16)25-19(26)18-14(21)4-3-5-15(18)22/h3-10H,1-2H3,(H,24,25,26). The van der Waals surface area contributed by atoms with E-state index in [4.69, 9.17) is 4.74 Å². The zero-order valence-electron chi connectivity index (χ0n) is 15.0. The molecule has 0 spiro atoms. The molecule has 0 unspecified atom stereocenters. The van der Waals surface area contributed by atoms with Crippen molar-refractivity contribution in [2.75, 3.05) is 12.4 Å². The first kappa shape index (κ1) is 19.1. The Kier molecular flexibility index (Phi) is 5.39. The molecule has 0 aliphatic carbocycles. The van der Waals surface area contributed by atoms with Gasteiger partial charge in [0.25, 0.3) is 5.91 Å². The van der Waals surface area contributed by atoms with Gasteiger partial charge >= 0.3 is 5.97 Å². The van der Waals surface area contributed by atoms with Crippen LogP contribution < -0.4 is 5.32 Å². The molecule has 1 N–H and O–H groups in total. The number of carbonyl (C=O) groups excluding carboxylic acids is 2. The van der Waals surface area contributed by atoms with Crippen molar-refractivity contribution >= 4 is 17.7 Å². The van der Waals surface area contributed by atoms with Gasteiger partial charge in [0, 0.05) is 5.56 Å². The maximum atomic E-state index is 13.7. The van der Waals surface area contributed by atoms with Crippen LogP contribution in [0, 0.1) is 18.6 Å². The van der Waals surface area contributed by atoms with Crippen LogP contribution in [0.25, 0.3) is 11.3 Å². The summed E-state index contributed by atoms with van der Waals surface area (Å²) in [7, 11) is 1.29. The average Bonchev–Trinajstić information content (AvgIpc) is 2.68. The zero-order valence-corrected chi connectivity index (χ0v) is 15.0. The van der Waals surface area contributed by atoms with E-state index in [-0.39, 0.29) is 5.82 Å². The highest BCUT2D eigenvalue weighted by Crippen LogP contribution is 2.23. The molecule has 0 aliphatic heterocycles. The molecule has 0 saturated heterocycles. The minimum absolute atomic E-state index is 0.0261. The van der Waals surface area contributed by atoms with Gasteiger partial charge in [-0.15, -0.1) is 0 Å². The van der Waals surface area contributed by atoms with Gasteiger partial charge in [-0.05, 0) is 36.8 Å². The highest BCUT2D eigenvalue weighted by atomic mass is 19.1. The van der Waals surface area contributed by atoms with Gasteiger partial charge in [0.2, 0.25) is 0 Å². The van der Waals surface area contributed by atoms with Crippen LogP contribution in [0.1, 0.15) is 26.3 Å². The third-order valence-electron chi connectivity index (χ3n) is 4.02. The van der Waals surface area contributed by atoms with E-state index in [1.165, 1.54) is 25.6 Å². The first-order valence-electron chi connectivity index (χ1n) is 8.17. The van der Waals surface area contributed by atoms with Crippen LogP contribution in [0.4, 0.5) is 14.6 Å². The summed E-state index contributed by atoms with van der Waals surface area (Å²) in [5.41, 5.74) is 1.63. The summed E-state index contributed by atoms with van der Waals surface area (Å²) in [5, 5.41) is 2.31. The minimum atomic E-state index is -0.975. The molecule has 0 atom stereocenters. The van der Waals surface area contributed by atoms with Crippen LogP contribution in [-0.4, -0.2) is 29.0 Å². The van der Waals surface area contributed by atoms with Crippen molar-refractivity contribution in [3.05, 3.63) is 77.1 Å². The highest BCUT2D eigenvalue weighted by Gasteiger charge is 2.18. The van der Waals surface area contributed by atoms with Crippen LogP contribution in [0.2, 0.25) is 0 Å². The summed E-state index contributed by atoms with van der Waals surface area (Å²) in [6.07, 6.45) is 2.65. The molecule has 142 valence electrons. The van der Waals surface area contributed by atoms with Crippen molar-refractivity contribution in [2.45, 2.75) is 6.92 Å². The molecule has 0 fully saturated rings. The fraction of sp³-hybridized carbons (Fsp3) is 0.100. The third kappa shape index (κ3) is 3.85. The number of nitrogens with zero attached hydrogens (tertiary/aromatic N) is 2. The number of anilines is 1. The molecule has 28 heavy (non-hydrogen) atoms. The number of ether oxygens (including phenoxy) is 1. The predicted molar refractivity (Wildman–Crippen MR) is 97.9 cm³/mol. The van der Waals surface area contributed by atoms with E-state index in [0.717, 1.165) is 17.7 Å². The number of amides is 1. The van der Waals surface area contributed by atoms with Crippen LogP contribution in [0.3, 0.4) is 0 Å². The molecule has 6 nitrogen and oxygen atoms in total. The Morgan fingerprint density at radius 1 is 1.04 bits per heavy atom. The number of carbonyl (C=O) groups is 2. The predicted octanol–water partition coefficient (Wildman–Crippen LogP) is 3.77. The lowest BCUT2D eigenvalue weighted by Crippen LogP contribution is -2.16. The van der Waals surface area contributed by atoms with E-state index in [1.807, 2.05) is 6.92 Å². The Hall–Kier alpha value is -3.68. The molecular formula is C20H15F2N3O3. The van der Waals surface area contributed by atoms with Gasteiger partial charge in [-0.2, -0.15) is 0 Å². The molecule has 0 aliphatic rings. The number of benzene rings is 2. The number of methoxy groups -OCH3 is 1. The lowest BCUT2D eigenvalue weighted by atomic mass is 10.0. The second kappa shape index (κ2) is 7.91. The first-order valence-corrected chi connectivity index (χ1v) is 8.17. The lowest BCUT2D eigenvalue weighted by molar-refractivity contribution is 0.0600. The van der Waals surface area contributed by atoms with Gasteiger partial charge in [-0.1, -0.05) is 12.1 Å². The SMILES string of the molecule is COC(=O)c1ccc(C)c(-c2cnc(NC(=O)c3c(F)cccc3F)cn2)c1. The molecule has 1 aromatic heterocycles. The van der Waals surface area contributed by atoms with E-state index < -0.39 is 29.1 Å². The molecule has 3 aromatic rings. The van der Waals surface area contributed by atoms with Crippen molar-refractivity contribution in [1.82, 2.24) is 9.97 Å². The minimum Gasteiger partial charge on any atom is -0.465 e. The average molecular weight is 383 g/mol. The van der Waals surface area contributed by atoms with Crippen molar-refractivity contribution < 1.29 is 23.1 Å². The summed E-state index contributed by atoms with van der Waals surface area (Å²) in [5.74, 6) is -3.38. The van der Waals surface area contributed by atoms with Crippen molar-refractivity contribution in [3.8, 4) is 11.3 Å². The topological polar surface area (TPSA) is 81.2 Å². The Morgan fingerprint density at radius 3 is 2.36 bits per heavy atom. The number of esters is 1. The van der Waals surface area contributed by atoms with Crippen molar-refractivity contribution in [2.24, 2.45) is 0 Å². The number of halogens is 2. The maximum Gasteiger partial charge on any atom is 0.337 e. The van der Waals surface area contributed by atoms with E-state index in [1.54, 1.807) is 18.2 Å². The van der Waals surface area contributed by atoms with Gasteiger partial charge < -0.3 is 10.1 Å². The van der Waals surface area contributed by atoms with Crippen LogP contribution in [0.15, 0.2) is 48.8 Å². The Balaban J connectivity index is 1.85. The number of nitrogens with one attached hydrogen (secondary N) is 1. The van der Waals surface area contributed by atoms with Gasteiger partial charge in [-0.3, -0.25) is 9.78 Å². The molecular weight excluding hydrogens is 368 g/mol. The Labute approximate surface area is 159 Å². The second-order valence-corrected chi connectivity index (χ2v) is 5.86. The van der Waals surface area contributed by atoms with E-state index in [0.29, 0.717) is 16.8 Å². The van der Waals surface area contributed by atoms with Crippen molar-refractivity contribution in [1.29, 1.82) is 0 Å². The van der Waals surface area contributed by atoms with Gasteiger partial charge in [0.05, 0.1) is 30.8 Å². The Morgan fingerprint density at radius 2 is 1.75 bits per heavy atom. The smallest absolute Gasteiger partial charge is 0.337 e. The van der Waals surface area contributed by atoms with E-state index >= 15 is 0 Å². The number of rotatable bonds is 4. The fourth-order valence-electron chi connectivity index (χ4n) is 2.57.